The van der Waals surface area contributed by atoms with E-state index in [0.29, 0.717) is 34.7 Å². The van der Waals surface area contributed by atoms with Crippen LogP contribution >= 0.6 is 24.0 Å². The van der Waals surface area contributed by atoms with Crippen molar-refractivity contribution in [1.29, 1.82) is 0 Å². The summed E-state index contributed by atoms with van der Waals surface area (Å²) >= 11 is 6.59. The monoisotopic (exact) mass is 404 g/mol. The third-order valence-corrected chi connectivity index (χ3v) is 5.71. The fourth-order valence-electron chi connectivity index (χ4n) is 2.91. The second-order valence-electron chi connectivity index (χ2n) is 6.17. The van der Waals surface area contributed by atoms with Crippen molar-refractivity contribution in [1.82, 2.24) is 4.90 Å². The van der Waals surface area contributed by atoms with Crippen LogP contribution in [-0.2, 0) is 16.1 Å². The zero-order chi connectivity index (χ0) is 18.8. The fourth-order valence-corrected chi connectivity index (χ4v) is 4.15. The van der Waals surface area contributed by atoms with Crippen molar-refractivity contribution in [3.05, 3.63) is 58.4 Å². The summed E-state index contributed by atoms with van der Waals surface area (Å²) in [6.07, 6.45) is 1.72. The Balaban J connectivity index is 1.47. The molecule has 0 N–H and O–H groups in total. The van der Waals surface area contributed by atoms with Gasteiger partial charge < -0.3 is 14.1 Å². The maximum absolute atomic E-state index is 13.1. The van der Waals surface area contributed by atoms with E-state index in [2.05, 4.69) is 4.90 Å². The lowest BCUT2D eigenvalue weighted by Crippen LogP contribution is -2.35. The molecule has 2 aromatic rings. The molecule has 1 aromatic carbocycles. The molecular weight excluding hydrogens is 387 g/mol. The van der Waals surface area contributed by atoms with Crippen LogP contribution in [0, 0.1) is 5.82 Å². The number of thioether (sulfide) groups is 1. The van der Waals surface area contributed by atoms with E-state index in [9.17, 15) is 9.18 Å². The Hall–Kier alpha value is -2.16. The predicted molar refractivity (Wildman–Crippen MR) is 107 cm³/mol. The smallest absolute Gasteiger partial charge is 0.266 e. The van der Waals surface area contributed by atoms with Gasteiger partial charge in [0.2, 0.25) is 0 Å². The first-order valence-corrected chi connectivity index (χ1v) is 9.75. The molecule has 0 spiro atoms. The summed E-state index contributed by atoms with van der Waals surface area (Å²) < 4.78 is 24.7. The summed E-state index contributed by atoms with van der Waals surface area (Å²) in [6, 6.07) is 9.79. The van der Waals surface area contributed by atoms with Crippen LogP contribution in [0.2, 0.25) is 0 Å². The molecule has 5 nitrogen and oxygen atoms in total. The van der Waals surface area contributed by atoms with E-state index in [4.69, 9.17) is 21.4 Å². The Bertz CT molecular complexity index is 889. The van der Waals surface area contributed by atoms with Crippen molar-refractivity contribution in [3.63, 3.8) is 0 Å². The number of hydrogen-bond donors (Lipinski definition) is 0. The zero-order valence-corrected chi connectivity index (χ0v) is 16.0. The third kappa shape index (κ3) is 4.07. The quantitative estimate of drug-likeness (QED) is 0.573. The number of hydrogen-bond acceptors (Lipinski definition) is 6. The number of carbonyl (C=O) groups is 1. The number of anilines is 1. The Morgan fingerprint density at radius 3 is 2.63 bits per heavy atom. The van der Waals surface area contributed by atoms with Gasteiger partial charge in [0, 0.05) is 25.2 Å². The summed E-state index contributed by atoms with van der Waals surface area (Å²) in [5.41, 5.74) is 0.821. The highest BCUT2D eigenvalue weighted by Crippen LogP contribution is 2.34. The van der Waals surface area contributed by atoms with Crippen LogP contribution in [0.4, 0.5) is 10.3 Å². The molecule has 0 aliphatic carbocycles. The number of benzene rings is 1. The maximum Gasteiger partial charge on any atom is 0.266 e. The maximum atomic E-state index is 13.1. The molecule has 27 heavy (non-hydrogen) atoms. The molecule has 2 saturated heterocycles. The van der Waals surface area contributed by atoms with Crippen LogP contribution in [0.5, 0.6) is 0 Å². The predicted octanol–water partition coefficient (Wildman–Crippen LogP) is 3.66. The van der Waals surface area contributed by atoms with Crippen molar-refractivity contribution >= 4 is 46.2 Å². The van der Waals surface area contributed by atoms with Crippen molar-refractivity contribution in [2.75, 3.05) is 31.2 Å². The Morgan fingerprint density at radius 2 is 1.89 bits per heavy atom. The topological polar surface area (TPSA) is 45.9 Å². The second-order valence-corrected chi connectivity index (χ2v) is 7.85. The van der Waals surface area contributed by atoms with Crippen LogP contribution in [0.3, 0.4) is 0 Å². The fraction of sp³-hybridized carbons (Fsp3) is 0.263. The molecular formula is C19H17FN2O3S2. The highest BCUT2D eigenvalue weighted by molar-refractivity contribution is 8.26. The Kier molecular flexibility index (Phi) is 5.29. The van der Waals surface area contributed by atoms with Crippen molar-refractivity contribution in [2.24, 2.45) is 0 Å². The van der Waals surface area contributed by atoms with Gasteiger partial charge in [-0.1, -0.05) is 36.1 Å². The SMILES string of the molecule is O=C1C(=Cc2ccc(N3CCOCC3)o2)SC(=S)N1Cc1ccc(F)cc1. The van der Waals surface area contributed by atoms with E-state index in [1.54, 1.807) is 18.2 Å². The van der Waals surface area contributed by atoms with E-state index in [1.807, 2.05) is 12.1 Å². The van der Waals surface area contributed by atoms with E-state index < -0.39 is 0 Å². The van der Waals surface area contributed by atoms with Gasteiger partial charge in [-0.3, -0.25) is 9.69 Å². The molecule has 0 atom stereocenters. The van der Waals surface area contributed by atoms with Crippen LogP contribution in [-0.4, -0.2) is 41.4 Å². The summed E-state index contributed by atoms with van der Waals surface area (Å²) in [4.78, 5) is 16.9. The van der Waals surface area contributed by atoms with E-state index in [-0.39, 0.29) is 11.7 Å². The van der Waals surface area contributed by atoms with Gasteiger partial charge in [-0.25, -0.2) is 4.39 Å². The number of carbonyl (C=O) groups excluding carboxylic acids is 1. The van der Waals surface area contributed by atoms with Crippen molar-refractivity contribution < 1.29 is 18.3 Å². The molecule has 0 bridgehead atoms. The number of morpholine rings is 1. The molecule has 1 aromatic heterocycles. The molecule has 4 rings (SSSR count). The second kappa shape index (κ2) is 7.84. The van der Waals surface area contributed by atoms with E-state index in [1.165, 1.54) is 28.8 Å². The highest BCUT2D eigenvalue weighted by Gasteiger charge is 2.32. The number of thiocarbonyl (C=S) groups is 1. The standard InChI is InChI=1S/C19H17FN2O3S2/c20-14-3-1-13(2-4-14)12-22-18(23)16(27-19(22)26)11-15-5-6-17(25-15)21-7-9-24-10-8-21/h1-6,11H,7-10,12H2. The number of amides is 1. The average Bonchev–Trinajstić information content (AvgIpc) is 3.25. The van der Waals surface area contributed by atoms with Gasteiger partial charge in [0.05, 0.1) is 24.7 Å². The summed E-state index contributed by atoms with van der Waals surface area (Å²) in [5, 5.41) is 0. The molecule has 2 fully saturated rings. The van der Waals surface area contributed by atoms with Gasteiger partial charge in [-0.05, 0) is 23.8 Å². The first-order chi connectivity index (χ1) is 13.1. The largest absolute Gasteiger partial charge is 0.441 e. The first kappa shape index (κ1) is 18.2. The van der Waals surface area contributed by atoms with Gasteiger partial charge >= 0.3 is 0 Å². The molecule has 1 amide bonds. The van der Waals surface area contributed by atoms with Crippen molar-refractivity contribution in [3.8, 4) is 0 Å². The summed E-state index contributed by atoms with van der Waals surface area (Å²) in [5.74, 6) is 0.904. The lowest BCUT2D eigenvalue weighted by atomic mass is 10.2. The van der Waals surface area contributed by atoms with Gasteiger partial charge in [-0.15, -0.1) is 0 Å². The average molecular weight is 404 g/mol. The Morgan fingerprint density at radius 1 is 1.15 bits per heavy atom. The van der Waals surface area contributed by atoms with Gasteiger partial charge in [0.25, 0.3) is 5.91 Å². The van der Waals surface area contributed by atoms with Crippen LogP contribution in [0.25, 0.3) is 6.08 Å². The molecule has 3 heterocycles. The molecule has 2 aliphatic heterocycles. The number of furan rings is 1. The van der Waals surface area contributed by atoms with Crippen LogP contribution < -0.4 is 4.90 Å². The minimum atomic E-state index is -0.307. The lowest BCUT2D eigenvalue weighted by Gasteiger charge is -2.26. The number of ether oxygens (including phenoxy) is 1. The molecule has 8 heteroatoms. The number of halogens is 1. The van der Waals surface area contributed by atoms with Gasteiger partial charge in [-0.2, -0.15) is 0 Å². The summed E-state index contributed by atoms with van der Waals surface area (Å²) in [6.45, 7) is 3.25. The van der Waals surface area contributed by atoms with Gasteiger partial charge in [0.15, 0.2) is 5.88 Å². The number of rotatable bonds is 4. The highest BCUT2D eigenvalue weighted by atomic mass is 32.2. The van der Waals surface area contributed by atoms with E-state index in [0.717, 1.165) is 24.5 Å². The molecule has 140 valence electrons. The summed E-state index contributed by atoms with van der Waals surface area (Å²) in [7, 11) is 0. The molecule has 0 unspecified atom stereocenters. The zero-order valence-electron chi connectivity index (χ0n) is 14.4. The molecule has 2 aliphatic rings. The van der Waals surface area contributed by atoms with Gasteiger partial charge in [0.1, 0.15) is 15.9 Å². The van der Waals surface area contributed by atoms with Crippen LogP contribution in [0.1, 0.15) is 11.3 Å². The van der Waals surface area contributed by atoms with Crippen molar-refractivity contribution in [2.45, 2.75) is 6.54 Å². The van der Waals surface area contributed by atoms with Crippen LogP contribution in [0.15, 0.2) is 45.7 Å². The minimum Gasteiger partial charge on any atom is -0.441 e. The molecule has 0 saturated carbocycles. The first-order valence-electron chi connectivity index (χ1n) is 8.52. The Labute approximate surface area is 165 Å². The lowest BCUT2D eigenvalue weighted by molar-refractivity contribution is -0.122. The minimum absolute atomic E-state index is 0.168. The third-order valence-electron chi connectivity index (χ3n) is 4.34. The molecule has 0 radical (unpaired) electrons. The normalized spacial score (nSPS) is 19.4. The van der Waals surface area contributed by atoms with E-state index >= 15 is 0 Å². The number of nitrogens with zero attached hydrogens (tertiary/aromatic N) is 2.